The summed E-state index contributed by atoms with van der Waals surface area (Å²) in [4.78, 5) is 11.7. The maximum atomic E-state index is 11.7. The van der Waals surface area contributed by atoms with Crippen LogP contribution in [0.3, 0.4) is 0 Å². The van der Waals surface area contributed by atoms with Crippen molar-refractivity contribution in [2.24, 2.45) is 0 Å². The van der Waals surface area contributed by atoms with Crippen molar-refractivity contribution >= 4 is 12.0 Å². The van der Waals surface area contributed by atoms with Crippen LogP contribution in [0.25, 0.3) is 6.08 Å². The highest BCUT2D eigenvalue weighted by molar-refractivity contribution is 5.88. The highest BCUT2D eigenvalue weighted by Crippen LogP contribution is 2.07. The van der Waals surface area contributed by atoms with E-state index in [1.807, 2.05) is 42.5 Å². The van der Waals surface area contributed by atoms with Crippen LogP contribution >= 0.6 is 0 Å². The topological polar surface area (TPSA) is 26.3 Å². The van der Waals surface area contributed by atoms with Crippen molar-refractivity contribution in [3.8, 4) is 0 Å². The zero-order valence-corrected chi connectivity index (χ0v) is 12.3. The molecule has 0 amide bonds. The van der Waals surface area contributed by atoms with Crippen LogP contribution in [0, 0.1) is 0 Å². The minimum Gasteiger partial charge on any atom is -0.462 e. The molecule has 108 valence electrons. The Morgan fingerprint density at radius 2 is 1.95 bits per heavy atom. The summed E-state index contributed by atoms with van der Waals surface area (Å²) < 4.78 is 5.18. The molecule has 2 heteroatoms. The third kappa shape index (κ3) is 6.93. The monoisotopic (exact) mass is 272 g/mol. The molecule has 0 aliphatic heterocycles. The molecule has 0 radical (unpaired) electrons. The van der Waals surface area contributed by atoms with Crippen LogP contribution in [0.5, 0.6) is 0 Å². The second-order valence-electron chi connectivity index (χ2n) is 4.82. The van der Waals surface area contributed by atoms with E-state index in [9.17, 15) is 4.79 Å². The van der Waals surface area contributed by atoms with E-state index in [1.54, 1.807) is 0 Å². The van der Waals surface area contributed by atoms with E-state index in [2.05, 4.69) is 13.5 Å². The second kappa shape index (κ2) is 10.0. The maximum Gasteiger partial charge on any atom is 0.333 e. The Bertz CT molecular complexity index is 432. The van der Waals surface area contributed by atoms with Gasteiger partial charge in [0, 0.05) is 5.57 Å². The van der Waals surface area contributed by atoms with Crippen molar-refractivity contribution in [3.05, 3.63) is 54.1 Å². The van der Waals surface area contributed by atoms with Gasteiger partial charge in [-0.15, -0.1) is 0 Å². The molecule has 0 saturated heterocycles. The summed E-state index contributed by atoms with van der Waals surface area (Å²) in [5.74, 6) is -0.279. The third-order valence-electron chi connectivity index (χ3n) is 2.99. The van der Waals surface area contributed by atoms with Crippen LogP contribution in [0.4, 0.5) is 0 Å². The van der Waals surface area contributed by atoms with E-state index in [4.69, 9.17) is 4.74 Å². The van der Waals surface area contributed by atoms with Gasteiger partial charge in [-0.2, -0.15) is 0 Å². The minimum atomic E-state index is -0.279. The number of unbranched alkanes of at least 4 members (excludes halogenated alkanes) is 3. The molecule has 0 aliphatic carbocycles. The molecule has 1 aromatic rings. The van der Waals surface area contributed by atoms with Gasteiger partial charge in [-0.3, -0.25) is 0 Å². The molecule has 0 aromatic heterocycles. The number of allylic oxidation sites excluding steroid dienone is 1. The first-order valence-electron chi connectivity index (χ1n) is 7.30. The lowest BCUT2D eigenvalue weighted by Crippen LogP contribution is -2.07. The SMILES string of the molecule is C=C(CC=Cc1ccccc1)C(=O)OCCCCCC. The average Bonchev–Trinajstić information content (AvgIpc) is 2.47. The number of carbonyl (C=O) groups excluding carboxylic acids is 1. The Morgan fingerprint density at radius 3 is 2.65 bits per heavy atom. The number of esters is 1. The summed E-state index contributed by atoms with van der Waals surface area (Å²) in [6.45, 7) is 6.43. The fourth-order valence-electron chi connectivity index (χ4n) is 1.78. The van der Waals surface area contributed by atoms with Crippen molar-refractivity contribution in [1.82, 2.24) is 0 Å². The standard InChI is InChI=1S/C18H24O2/c1-3-4-5-9-15-20-18(19)16(2)11-10-14-17-12-7-6-8-13-17/h6-8,10,12-14H,2-5,9,11,15H2,1H3. The molecule has 0 bridgehead atoms. The van der Waals surface area contributed by atoms with Gasteiger partial charge in [0.1, 0.15) is 0 Å². The molecule has 0 atom stereocenters. The van der Waals surface area contributed by atoms with E-state index < -0.39 is 0 Å². The lowest BCUT2D eigenvalue weighted by molar-refractivity contribution is -0.139. The lowest BCUT2D eigenvalue weighted by atomic mass is 10.1. The summed E-state index contributed by atoms with van der Waals surface area (Å²) in [5, 5.41) is 0. The first-order chi connectivity index (χ1) is 9.74. The van der Waals surface area contributed by atoms with E-state index >= 15 is 0 Å². The summed E-state index contributed by atoms with van der Waals surface area (Å²) in [5.41, 5.74) is 1.63. The number of hydrogen-bond donors (Lipinski definition) is 0. The predicted octanol–water partition coefficient (Wildman–Crippen LogP) is 4.77. The summed E-state index contributed by atoms with van der Waals surface area (Å²) in [7, 11) is 0. The molecule has 0 saturated carbocycles. The molecule has 0 fully saturated rings. The van der Waals surface area contributed by atoms with Crippen molar-refractivity contribution in [3.63, 3.8) is 0 Å². The fraction of sp³-hybridized carbons (Fsp3) is 0.389. The Labute approximate surface area is 122 Å². The quantitative estimate of drug-likeness (QED) is 0.368. The molecule has 0 unspecified atom stereocenters. The molecule has 1 rings (SSSR count). The molecule has 1 aromatic carbocycles. The van der Waals surface area contributed by atoms with Crippen LogP contribution in [-0.2, 0) is 9.53 Å². The summed E-state index contributed by atoms with van der Waals surface area (Å²) in [6.07, 6.45) is 8.89. The Balaban J connectivity index is 2.21. The Hall–Kier alpha value is -1.83. The lowest BCUT2D eigenvalue weighted by Gasteiger charge is -2.05. The van der Waals surface area contributed by atoms with Gasteiger partial charge in [-0.05, 0) is 18.4 Å². The van der Waals surface area contributed by atoms with Gasteiger partial charge >= 0.3 is 5.97 Å². The fourth-order valence-corrected chi connectivity index (χ4v) is 1.78. The summed E-state index contributed by atoms with van der Waals surface area (Å²) in [6, 6.07) is 9.99. The van der Waals surface area contributed by atoms with Crippen LogP contribution in [0.2, 0.25) is 0 Å². The molecule has 0 spiro atoms. The van der Waals surface area contributed by atoms with E-state index in [0.717, 1.165) is 18.4 Å². The van der Waals surface area contributed by atoms with Crippen molar-refractivity contribution in [2.45, 2.75) is 39.0 Å². The maximum absolute atomic E-state index is 11.7. The number of benzene rings is 1. The smallest absolute Gasteiger partial charge is 0.333 e. The van der Waals surface area contributed by atoms with Crippen molar-refractivity contribution in [2.75, 3.05) is 6.61 Å². The highest BCUT2D eigenvalue weighted by Gasteiger charge is 2.06. The molecule has 0 aliphatic rings. The molecular formula is C18H24O2. The number of rotatable bonds is 9. The minimum absolute atomic E-state index is 0.279. The Kier molecular flexibility index (Phi) is 8.13. The number of carbonyl (C=O) groups is 1. The normalized spacial score (nSPS) is 10.7. The largest absolute Gasteiger partial charge is 0.462 e. The number of ether oxygens (including phenoxy) is 1. The van der Waals surface area contributed by atoms with Gasteiger partial charge in [-0.25, -0.2) is 4.79 Å². The first kappa shape index (κ1) is 16.2. The first-order valence-corrected chi connectivity index (χ1v) is 7.30. The second-order valence-corrected chi connectivity index (χ2v) is 4.82. The van der Waals surface area contributed by atoms with Crippen molar-refractivity contribution < 1.29 is 9.53 Å². The zero-order valence-electron chi connectivity index (χ0n) is 12.3. The zero-order chi connectivity index (χ0) is 14.6. The van der Waals surface area contributed by atoms with Gasteiger partial charge in [0.15, 0.2) is 0 Å². The van der Waals surface area contributed by atoms with Gasteiger partial charge in [0.05, 0.1) is 6.61 Å². The van der Waals surface area contributed by atoms with Crippen LogP contribution < -0.4 is 0 Å². The van der Waals surface area contributed by atoms with E-state index in [-0.39, 0.29) is 5.97 Å². The van der Waals surface area contributed by atoms with E-state index in [1.165, 1.54) is 12.8 Å². The van der Waals surface area contributed by atoms with Crippen LogP contribution in [-0.4, -0.2) is 12.6 Å². The van der Waals surface area contributed by atoms with Gasteiger partial charge in [-0.1, -0.05) is 75.2 Å². The highest BCUT2D eigenvalue weighted by atomic mass is 16.5. The van der Waals surface area contributed by atoms with Gasteiger partial charge in [0.25, 0.3) is 0 Å². The molecule has 0 heterocycles. The predicted molar refractivity (Wildman–Crippen MR) is 84.3 cm³/mol. The molecule has 0 N–H and O–H groups in total. The number of hydrogen-bond acceptors (Lipinski definition) is 2. The van der Waals surface area contributed by atoms with Crippen molar-refractivity contribution in [1.29, 1.82) is 0 Å². The van der Waals surface area contributed by atoms with Gasteiger partial charge in [0.2, 0.25) is 0 Å². The van der Waals surface area contributed by atoms with Crippen LogP contribution in [0.1, 0.15) is 44.6 Å². The molecule has 2 nitrogen and oxygen atoms in total. The average molecular weight is 272 g/mol. The molecule has 20 heavy (non-hydrogen) atoms. The van der Waals surface area contributed by atoms with E-state index in [0.29, 0.717) is 18.6 Å². The Morgan fingerprint density at radius 1 is 1.20 bits per heavy atom. The van der Waals surface area contributed by atoms with Crippen LogP contribution in [0.15, 0.2) is 48.6 Å². The molecular weight excluding hydrogens is 248 g/mol. The van der Waals surface area contributed by atoms with Gasteiger partial charge < -0.3 is 4.74 Å². The summed E-state index contributed by atoms with van der Waals surface area (Å²) >= 11 is 0. The third-order valence-corrected chi connectivity index (χ3v) is 2.99.